The molecule has 3 heteroatoms. The van der Waals surface area contributed by atoms with Crippen LogP contribution in [0, 0.1) is 5.92 Å². The summed E-state index contributed by atoms with van der Waals surface area (Å²) < 4.78 is 1.03. The van der Waals surface area contributed by atoms with Crippen molar-refractivity contribution in [3.8, 4) is 0 Å². The smallest absolute Gasteiger partial charge is 0.173 e. The summed E-state index contributed by atoms with van der Waals surface area (Å²) in [6.45, 7) is 5.66. The van der Waals surface area contributed by atoms with Crippen LogP contribution in [0.1, 0.15) is 59.3 Å². The molecule has 0 radical (unpaired) electrons. The molecule has 3 aliphatic rings. The molecule has 0 saturated carbocycles. The van der Waals surface area contributed by atoms with Gasteiger partial charge in [-0.1, -0.05) is 121 Å². The first-order valence-electron chi connectivity index (χ1n) is 14.7. The zero-order chi connectivity index (χ0) is 28.2. The first kappa shape index (κ1) is 26.2. The summed E-state index contributed by atoms with van der Waals surface area (Å²) in [6.07, 6.45) is 8.09. The average Bonchev–Trinajstić information content (AvgIpc) is 3.13. The molecule has 4 aromatic rings. The van der Waals surface area contributed by atoms with Crippen LogP contribution in [0.15, 0.2) is 120 Å². The van der Waals surface area contributed by atoms with Crippen LogP contribution in [0.2, 0.25) is 0 Å². The second-order valence-electron chi connectivity index (χ2n) is 12.1. The highest BCUT2D eigenvalue weighted by Crippen LogP contribution is 2.62. The number of allylic oxidation sites excluding steroid dienone is 2. The fourth-order valence-corrected chi connectivity index (χ4v) is 7.93. The normalized spacial score (nSPS) is 22.5. The van der Waals surface area contributed by atoms with Crippen molar-refractivity contribution in [3.63, 3.8) is 0 Å². The van der Waals surface area contributed by atoms with Gasteiger partial charge in [-0.05, 0) is 76.9 Å². The van der Waals surface area contributed by atoms with E-state index in [1.54, 1.807) is 0 Å². The monoisotopic (exact) mass is 599 g/mol. The summed E-state index contributed by atoms with van der Waals surface area (Å²) in [5.41, 5.74) is 8.46. The highest BCUT2D eigenvalue weighted by molar-refractivity contribution is 9.10. The summed E-state index contributed by atoms with van der Waals surface area (Å²) in [7, 11) is 0. The fourth-order valence-electron chi connectivity index (χ4n) is 7.66. The maximum absolute atomic E-state index is 15.0. The van der Waals surface area contributed by atoms with E-state index in [4.69, 9.17) is 0 Å². The van der Waals surface area contributed by atoms with E-state index in [1.807, 2.05) is 30.3 Å². The van der Waals surface area contributed by atoms with Gasteiger partial charge in [-0.15, -0.1) is 0 Å². The topological polar surface area (TPSA) is 20.3 Å². The molecule has 41 heavy (non-hydrogen) atoms. The number of aryl methyl sites for hydroxylation is 1. The summed E-state index contributed by atoms with van der Waals surface area (Å²) in [6, 6.07) is 35.9. The molecule has 2 heterocycles. The highest BCUT2D eigenvalue weighted by Gasteiger charge is 2.63. The van der Waals surface area contributed by atoms with Gasteiger partial charge in [0.2, 0.25) is 0 Å². The largest absolute Gasteiger partial charge is 0.360 e. The number of fused-ring (bicyclic) bond motifs is 1. The number of carbonyl (C=O) groups is 1. The first-order valence-corrected chi connectivity index (χ1v) is 15.5. The van der Waals surface area contributed by atoms with Crippen molar-refractivity contribution < 1.29 is 4.79 Å². The Hall–Kier alpha value is -3.69. The van der Waals surface area contributed by atoms with Crippen molar-refractivity contribution in [2.45, 2.75) is 44.1 Å². The third kappa shape index (κ3) is 4.00. The molecule has 0 aromatic heterocycles. The van der Waals surface area contributed by atoms with Crippen molar-refractivity contribution in [2.24, 2.45) is 5.92 Å². The molecule has 204 valence electrons. The Morgan fingerprint density at radius 1 is 0.805 bits per heavy atom. The van der Waals surface area contributed by atoms with Gasteiger partial charge in [0.05, 0.1) is 11.5 Å². The second-order valence-corrected chi connectivity index (χ2v) is 13.0. The van der Waals surface area contributed by atoms with Crippen LogP contribution in [0.5, 0.6) is 0 Å². The second kappa shape index (κ2) is 9.99. The molecule has 0 bridgehead atoms. The van der Waals surface area contributed by atoms with E-state index >= 15 is 4.79 Å². The molecule has 1 spiro atoms. The Morgan fingerprint density at radius 3 is 2.24 bits per heavy atom. The summed E-state index contributed by atoms with van der Waals surface area (Å²) in [4.78, 5) is 17.7. The molecule has 7 rings (SSSR count). The Balaban J connectivity index is 1.57. The molecule has 2 nitrogen and oxygen atoms in total. The molecule has 0 unspecified atom stereocenters. The molecular weight excluding hydrogens is 566 g/mol. The standard InChI is InChI=1S/C38H34BrNO/c1-37(2)33-18-11-17-28-14-9-10-23-40(35(28)33)38(37)25-30(26-12-5-3-6-13-26)24-32(27-19-21-31(39)22-20-27)34(38)36(41)29-15-7-4-8-16-29/h3-8,11-13,15-22,24-25,34H,9-10,14,23H2,1-2H3/t34-,38-/m0/s1. The maximum atomic E-state index is 15.0. The minimum absolute atomic E-state index is 0.176. The molecule has 2 atom stereocenters. The van der Waals surface area contributed by atoms with Crippen LogP contribution in [0.25, 0.3) is 11.1 Å². The third-order valence-corrected chi connectivity index (χ3v) is 10.2. The molecule has 0 amide bonds. The van der Waals surface area contributed by atoms with E-state index in [0.717, 1.165) is 47.0 Å². The fraction of sp³-hybridized carbons (Fsp3) is 0.237. The number of hydrogen-bond acceptors (Lipinski definition) is 2. The van der Waals surface area contributed by atoms with Crippen LogP contribution >= 0.6 is 15.9 Å². The average molecular weight is 601 g/mol. The van der Waals surface area contributed by atoms with Crippen LogP contribution in [-0.2, 0) is 11.8 Å². The molecule has 0 fully saturated rings. The molecule has 4 aromatic carbocycles. The Kier molecular flexibility index (Phi) is 6.39. The number of Topliss-reactive ketones (excluding diaryl/α,β-unsaturated/α-hetero) is 1. The minimum Gasteiger partial charge on any atom is -0.360 e. The lowest BCUT2D eigenvalue weighted by molar-refractivity contribution is 0.0882. The number of anilines is 1. The van der Waals surface area contributed by atoms with Gasteiger partial charge in [-0.2, -0.15) is 0 Å². The number of benzene rings is 4. The lowest BCUT2D eigenvalue weighted by Crippen LogP contribution is -2.62. The Morgan fingerprint density at radius 2 is 1.51 bits per heavy atom. The van der Waals surface area contributed by atoms with E-state index in [9.17, 15) is 0 Å². The highest BCUT2D eigenvalue weighted by atomic mass is 79.9. The van der Waals surface area contributed by atoms with Crippen molar-refractivity contribution in [2.75, 3.05) is 11.4 Å². The van der Waals surface area contributed by atoms with E-state index in [0.29, 0.717) is 0 Å². The molecular formula is C38H34BrNO. The van der Waals surface area contributed by atoms with Gasteiger partial charge in [-0.25, -0.2) is 0 Å². The van der Waals surface area contributed by atoms with E-state index in [-0.39, 0.29) is 11.2 Å². The van der Waals surface area contributed by atoms with Crippen LogP contribution in [0.4, 0.5) is 5.69 Å². The summed E-state index contributed by atoms with van der Waals surface area (Å²) >= 11 is 3.64. The van der Waals surface area contributed by atoms with E-state index in [2.05, 4.69) is 120 Å². The predicted molar refractivity (Wildman–Crippen MR) is 173 cm³/mol. The first-order chi connectivity index (χ1) is 19.9. The van der Waals surface area contributed by atoms with E-state index < -0.39 is 11.5 Å². The number of nitrogens with zero attached hydrogens (tertiary/aromatic N) is 1. The van der Waals surface area contributed by atoms with Gasteiger partial charge >= 0.3 is 0 Å². The molecule has 0 saturated heterocycles. The lowest BCUT2D eigenvalue weighted by atomic mass is 9.57. The lowest BCUT2D eigenvalue weighted by Gasteiger charge is -2.53. The summed E-state index contributed by atoms with van der Waals surface area (Å²) in [5.74, 6) is -0.221. The molecule has 1 aliphatic carbocycles. The van der Waals surface area contributed by atoms with Crippen molar-refractivity contribution in [1.82, 2.24) is 0 Å². The zero-order valence-electron chi connectivity index (χ0n) is 23.6. The van der Waals surface area contributed by atoms with Gasteiger partial charge in [0.15, 0.2) is 5.78 Å². The number of ketones is 1. The van der Waals surface area contributed by atoms with Gasteiger partial charge in [0.25, 0.3) is 0 Å². The maximum Gasteiger partial charge on any atom is 0.173 e. The van der Waals surface area contributed by atoms with Crippen LogP contribution in [0.3, 0.4) is 0 Å². The molecule has 2 aliphatic heterocycles. The van der Waals surface area contributed by atoms with E-state index in [1.165, 1.54) is 28.0 Å². The van der Waals surface area contributed by atoms with Gasteiger partial charge in [0, 0.05) is 27.7 Å². The number of hydrogen-bond donors (Lipinski definition) is 0. The number of halogens is 1. The number of para-hydroxylation sites is 1. The van der Waals surface area contributed by atoms with Crippen molar-refractivity contribution in [3.05, 3.63) is 148 Å². The van der Waals surface area contributed by atoms with Crippen molar-refractivity contribution in [1.29, 1.82) is 0 Å². The Labute approximate surface area is 251 Å². The molecule has 0 N–H and O–H groups in total. The third-order valence-electron chi connectivity index (χ3n) is 9.63. The van der Waals surface area contributed by atoms with Gasteiger partial charge in [-0.3, -0.25) is 4.79 Å². The SMILES string of the molecule is CC1(C)c2cccc3c2N(CCCC3)[C@]12C=C(c1ccccc1)C=C(c1ccc(Br)cc1)[C@H]2C(=O)c1ccccc1. The zero-order valence-corrected chi connectivity index (χ0v) is 25.2. The van der Waals surface area contributed by atoms with Gasteiger partial charge in [0.1, 0.15) is 0 Å². The van der Waals surface area contributed by atoms with Gasteiger partial charge < -0.3 is 4.90 Å². The Bertz CT molecular complexity index is 1680. The van der Waals surface area contributed by atoms with Crippen LogP contribution in [-0.4, -0.2) is 17.9 Å². The minimum atomic E-state index is -0.592. The predicted octanol–water partition coefficient (Wildman–Crippen LogP) is 9.30. The van der Waals surface area contributed by atoms with Crippen molar-refractivity contribution >= 4 is 38.5 Å². The number of carbonyl (C=O) groups excluding carboxylic acids is 1. The van der Waals surface area contributed by atoms with Crippen LogP contribution < -0.4 is 4.90 Å². The quantitative estimate of drug-likeness (QED) is 0.218. The number of rotatable bonds is 4. The summed E-state index contributed by atoms with van der Waals surface area (Å²) in [5, 5.41) is 0.